The van der Waals surface area contributed by atoms with Gasteiger partial charge in [0.1, 0.15) is 0 Å². The molecule has 104 valence electrons. The molecule has 0 aliphatic carbocycles. The molecule has 1 rings (SSSR count). The average molecular weight is 256 g/mol. The van der Waals surface area contributed by atoms with Crippen molar-refractivity contribution in [1.82, 2.24) is 10.2 Å². The molecule has 1 unspecified atom stereocenters. The second-order valence-electron chi connectivity index (χ2n) is 4.87. The number of nitrogens with one attached hydrogen (secondary N) is 1. The van der Waals surface area contributed by atoms with Crippen LogP contribution >= 0.6 is 0 Å². The van der Waals surface area contributed by atoms with Crippen LogP contribution in [0.25, 0.3) is 0 Å². The molecule has 18 heavy (non-hydrogen) atoms. The third-order valence-electron chi connectivity index (χ3n) is 3.50. The maximum Gasteiger partial charge on any atom is 0.305 e. The van der Waals surface area contributed by atoms with E-state index in [1.54, 1.807) is 4.90 Å². The molecule has 1 heterocycles. The van der Waals surface area contributed by atoms with Crippen LogP contribution in [0.3, 0.4) is 0 Å². The van der Waals surface area contributed by atoms with Crippen LogP contribution in [0.1, 0.15) is 39.0 Å². The third-order valence-corrected chi connectivity index (χ3v) is 3.50. The first kappa shape index (κ1) is 15.0. The number of carboxylic acids is 1. The number of carboxylic acid groups (broad SMARTS) is 1. The molecule has 1 saturated heterocycles. The summed E-state index contributed by atoms with van der Waals surface area (Å²) in [5.74, 6) is -0.164. The van der Waals surface area contributed by atoms with Gasteiger partial charge in [0.2, 0.25) is 5.91 Å². The van der Waals surface area contributed by atoms with Crippen molar-refractivity contribution >= 4 is 11.9 Å². The number of carbonyl (C=O) groups is 2. The van der Waals surface area contributed by atoms with Crippen LogP contribution in [0.2, 0.25) is 0 Å². The molecule has 1 atom stereocenters. The SMILES string of the molecule is CCN(CCC(=O)O)C(=O)CCC1CCCNC1. The fourth-order valence-electron chi connectivity index (χ4n) is 2.35. The number of hydrogen-bond donors (Lipinski definition) is 2. The van der Waals surface area contributed by atoms with Gasteiger partial charge in [-0.05, 0) is 45.2 Å². The van der Waals surface area contributed by atoms with Crippen molar-refractivity contribution in [2.75, 3.05) is 26.2 Å². The number of carbonyl (C=O) groups excluding carboxylic acids is 1. The lowest BCUT2D eigenvalue weighted by molar-refractivity contribution is -0.138. The van der Waals surface area contributed by atoms with Gasteiger partial charge in [0.05, 0.1) is 6.42 Å². The number of hydrogen-bond acceptors (Lipinski definition) is 3. The van der Waals surface area contributed by atoms with Crippen molar-refractivity contribution in [2.24, 2.45) is 5.92 Å². The van der Waals surface area contributed by atoms with Crippen LogP contribution in [0.5, 0.6) is 0 Å². The van der Waals surface area contributed by atoms with Crippen LogP contribution in [-0.2, 0) is 9.59 Å². The summed E-state index contributed by atoms with van der Waals surface area (Å²) in [6.45, 7) is 4.91. The number of piperidine rings is 1. The highest BCUT2D eigenvalue weighted by Gasteiger charge is 2.17. The Morgan fingerprint density at radius 3 is 2.72 bits per heavy atom. The zero-order chi connectivity index (χ0) is 13.4. The minimum Gasteiger partial charge on any atom is -0.481 e. The molecule has 0 aromatic carbocycles. The van der Waals surface area contributed by atoms with E-state index in [1.165, 1.54) is 12.8 Å². The molecular formula is C13H24N2O3. The summed E-state index contributed by atoms with van der Waals surface area (Å²) in [6, 6.07) is 0. The molecule has 1 aliphatic heterocycles. The molecule has 2 N–H and O–H groups in total. The zero-order valence-corrected chi connectivity index (χ0v) is 11.2. The maximum atomic E-state index is 11.9. The topological polar surface area (TPSA) is 69.6 Å². The van der Waals surface area contributed by atoms with Crippen molar-refractivity contribution in [1.29, 1.82) is 0 Å². The summed E-state index contributed by atoms with van der Waals surface area (Å²) in [7, 11) is 0. The summed E-state index contributed by atoms with van der Waals surface area (Å²) in [4.78, 5) is 24.1. The van der Waals surface area contributed by atoms with Gasteiger partial charge in [-0.1, -0.05) is 0 Å². The number of amides is 1. The lowest BCUT2D eigenvalue weighted by atomic mass is 9.94. The summed E-state index contributed by atoms with van der Waals surface area (Å²) in [5.41, 5.74) is 0. The summed E-state index contributed by atoms with van der Waals surface area (Å²) < 4.78 is 0. The van der Waals surface area contributed by atoms with Gasteiger partial charge in [-0.2, -0.15) is 0 Å². The van der Waals surface area contributed by atoms with Gasteiger partial charge >= 0.3 is 5.97 Å². The van der Waals surface area contributed by atoms with Gasteiger partial charge < -0.3 is 15.3 Å². The average Bonchev–Trinajstić information content (AvgIpc) is 2.38. The number of aliphatic carboxylic acids is 1. The minimum atomic E-state index is -0.849. The van der Waals surface area contributed by atoms with Gasteiger partial charge in [0.25, 0.3) is 0 Å². The molecule has 0 aromatic rings. The monoisotopic (exact) mass is 256 g/mol. The Morgan fingerprint density at radius 2 is 2.17 bits per heavy atom. The highest BCUT2D eigenvalue weighted by molar-refractivity contribution is 5.77. The van der Waals surface area contributed by atoms with Crippen molar-refractivity contribution in [3.8, 4) is 0 Å². The molecule has 5 nitrogen and oxygen atoms in total. The van der Waals surface area contributed by atoms with Crippen molar-refractivity contribution in [3.63, 3.8) is 0 Å². The Balaban J connectivity index is 2.25. The highest BCUT2D eigenvalue weighted by Crippen LogP contribution is 2.16. The van der Waals surface area contributed by atoms with Gasteiger partial charge in [0, 0.05) is 19.5 Å². The molecule has 5 heteroatoms. The minimum absolute atomic E-state index is 0.0323. The standard InChI is InChI=1S/C13H24N2O3/c1-2-15(9-7-13(17)18)12(16)6-5-11-4-3-8-14-10-11/h11,14H,2-10H2,1H3,(H,17,18). The van der Waals surface area contributed by atoms with Gasteiger partial charge in [-0.25, -0.2) is 0 Å². The van der Waals surface area contributed by atoms with E-state index in [9.17, 15) is 9.59 Å². The van der Waals surface area contributed by atoms with E-state index in [2.05, 4.69) is 5.32 Å². The van der Waals surface area contributed by atoms with Gasteiger partial charge in [0.15, 0.2) is 0 Å². The van der Waals surface area contributed by atoms with E-state index in [0.717, 1.165) is 19.5 Å². The smallest absolute Gasteiger partial charge is 0.305 e. The summed E-state index contributed by atoms with van der Waals surface area (Å²) in [5, 5.41) is 12.0. The molecule has 1 aliphatic rings. The third kappa shape index (κ3) is 5.49. The first-order valence-electron chi connectivity index (χ1n) is 6.83. The number of nitrogens with zero attached hydrogens (tertiary/aromatic N) is 1. The summed E-state index contributed by atoms with van der Waals surface area (Å²) >= 11 is 0. The largest absolute Gasteiger partial charge is 0.481 e. The molecule has 0 aromatic heterocycles. The van der Waals surface area contributed by atoms with E-state index in [1.807, 2.05) is 6.92 Å². The van der Waals surface area contributed by atoms with Crippen LogP contribution in [-0.4, -0.2) is 48.1 Å². The first-order valence-corrected chi connectivity index (χ1v) is 6.83. The Bertz CT molecular complexity index is 275. The lowest BCUT2D eigenvalue weighted by Crippen LogP contribution is -2.34. The van der Waals surface area contributed by atoms with E-state index in [-0.39, 0.29) is 12.3 Å². The van der Waals surface area contributed by atoms with E-state index in [0.29, 0.717) is 25.4 Å². The number of rotatable bonds is 7. The normalized spacial score (nSPS) is 19.5. The predicted octanol–water partition coefficient (Wildman–Crippen LogP) is 1.09. The fourth-order valence-corrected chi connectivity index (χ4v) is 2.35. The van der Waals surface area contributed by atoms with Gasteiger partial charge in [-0.15, -0.1) is 0 Å². The maximum absolute atomic E-state index is 11.9. The van der Waals surface area contributed by atoms with Crippen molar-refractivity contribution in [2.45, 2.75) is 39.0 Å². The Hall–Kier alpha value is -1.10. The Labute approximate surface area is 109 Å². The predicted molar refractivity (Wildman–Crippen MR) is 69.3 cm³/mol. The Morgan fingerprint density at radius 1 is 1.39 bits per heavy atom. The fraction of sp³-hybridized carbons (Fsp3) is 0.846. The summed E-state index contributed by atoms with van der Waals surface area (Å²) in [6.07, 6.45) is 3.87. The first-order chi connectivity index (χ1) is 8.63. The second-order valence-corrected chi connectivity index (χ2v) is 4.87. The molecule has 0 spiro atoms. The van der Waals surface area contributed by atoms with E-state index in [4.69, 9.17) is 5.11 Å². The second kappa shape index (κ2) is 8.08. The van der Waals surface area contributed by atoms with E-state index >= 15 is 0 Å². The van der Waals surface area contributed by atoms with Crippen LogP contribution in [0, 0.1) is 5.92 Å². The van der Waals surface area contributed by atoms with Crippen LogP contribution in [0.4, 0.5) is 0 Å². The molecule has 1 amide bonds. The molecular weight excluding hydrogens is 232 g/mol. The van der Waals surface area contributed by atoms with E-state index < -0.39 is 5.97 Å². The van der Waals surface area contributed by atoms with Gasteiger partial charge in [-0.3, -0.25) is 9.59 Å². The molecule has 0 radical (unpaired) electrons. The van der Waals surface area contributed by atoms with Crippen LogP contribution in [0.15, 0.2) is 0 Å². The molecule has 0 bridgehead atoms. The molecule has 1 fully saturated rings. The quantitative estimate of drug-likeness (QED) is 0.715. The molecule has 0 saturated carbocycles. The van der Waals surface area contributed by atoms with Crippen molar-refractivity contribution < 1.29 is 14.7 Å². The van der Waals surface area contributed by atoms with Crippen molar-refractivity contribution in [3.05, 3.63) is 0 Å². The lowest BCUT2D eigenvalue weighted by Gasteiger charge is -2.24. The van der Waals surface area contributed by atoms with Crippen LogP contribution < -0.4 is 5.32 Å². The highest BCUT2D eigenvalue weighted by atomic mass is 16.4. The zero-order valence-electron chi connectivity index (χ0n) is 11.2. The Kier molecular flexibility index (Phi) is 6.72.